The van der Waals surface area contributed by atoms with Crippen LogP contribution in [0.4, 0.5) is 5.69 Å². The smallest absolute Gasteiger partial charge is 0.0487 e. The number of benzene rings is 1. The number of anilines is 1. The van der Waals surface area contributed by atoms with Crippen molar-refractivity contribution in [1.29, 1.82) is 0 Å². The Bertz CT molecular complexity index is 380. The van der Waals surface area contributed by atoms with Gasteiger partial charge in [0.2, 0.25) is 0 Å². The average Bonchev–Trinajstić information content (AvgIpc) is 2.48. The Hall–Kier alpha value is 0.230. The van der Waals surface area contributed by atoms with E-state index in [0.29, 0.717) is 6.04 Å². The van der Waals surface area contributed by atoms with Gasteiger partial charge in [0.1, 0.15) is 0 Å². The third-order valence-electron chi connectivity index (χ3n) is 3.55. The van der Waals surface area contributed by atoms with E-state index in [1.165, 1.54) is 45.8 Å². The van der Waals surface area contributed by atoms with Crippen LogP contribution in [0.1, 0.15) is 39.0 Å². The molecule has 17 heavy (non-hydrogen) atoms. The molecule has 0 saturated heterocycles. The predicted octanol–water partition coefficient (Wildman–Crippen LogP) is 5.43. The Labute approximate surface area is 126 Å². The molecule has 0 spiro atoms. The van der Waals surface area contributed by atoms with Gasteiger partial charge in [-0.25, -0.2) is 0 Å². The lowest BCUT2D eigenvalue weighted by atomic mass is 10.0. The van der Waals surface area contributed by atoms with Gasteiger partial charge in [-0.15, -0.1) is 0 Å². The van der Waals surface area contributed by atoms with Crippen molar-refractivity contribution < 1.29 is 0 Å². The highest BCUT2D eigenvalue weighted by Crippen LogP contribution is 2.29. The highest BCUT2D eigenvalue weighted by atomic mass is 127. The van der Waals surface area contributed by atoms with Gasteiger partial charge in [-0.2, -0.15) is 0 Å². The lowest BCUT2D eigenvalue weighted by Gasteiger charge is -2.19. The molecule has 1 aromatic rings. The topological polar surface area (TPSA) is 12.0 Å². The van der Waals surface area contributed by atoms with Gasteiger partial charge in [0.05, 0.1) is 0 Å². The van der Waals surface area contributed by atoms with Crippen molar-refractivity contribution in [1.82, 2.24) is 0 Å². The molecule has 2 atom stereocenters. The molecule has 1 aliphatic rings. The largest absolute Gasteiger partial charge is 0.381 e. The zero-order chi connectivity index (χ0) is 12.3. The van der Waals surface area contributed by atoms with Crippen molar-refractivity contribution in [3.05, 3.63) is 26.2 Å². The standard InChI is InChI=1S/C14H19BrIN/c1-10-3-2-4-12(7-5-10)17-14-8-6-11(16)9-13(14)15/h6,8-10,12,17H,2-5,7H2,1H3. The first-order valence-corrected chi connectivity index (χ1v) is 8.24. The summed E-state index contributed by atoms with van der Waals surface area (Å²) < 4.78 is 2.45. The molecule has 1 fully saturated rings. The molecular weight excluding hydrogens is 389 g/mol. The van der Waals surface area contributed by atoms with Gasteiger partial charge in [0, 0.05) is 19.8 Å². The molecule has 1 aromatic carbocycles. The minimum Gasteiger partial charge on any atom is -0.381 e. The summed E-state index contributed by atoms with van der Waals surface area (Å²) in [6.45, 7) is 2.38. The number of rotatable bonds is 2. The van der Waals surface area contributed by atoms with Gasteiger partial charge < -0.3 is 5.32 Å². The van der Waals surface area contributed by atoms with Gasteiger partial charge in [0.25, 0.3) is 0 Å². The first-order chi connectivity index (χ1) is 8.15. The van der Waals surface area contributed by atoms with Crippen LogP contribution in [0, 0.1) is 9.49 Å². The first kappa shape index (κ1) is 13.7. The average molecular weight is 408 g/mol. The van der Waals surface area contributed by atoms with E-state index in [9.17, 15) is 0 Å². The zero-order valence-corrected chi connectivity index (χ0v) is 13.9. The summed E-state index contributed by atoms with van der Waals surface area (Å²) in [5.41, 5.74) is 1.24. The van der Waals surface area contributed by atoms with Crippen LogP contribution in [0.15, 0.2) is 22.7 Å². The van der Waals surface area contributed by atoms with E-state index in [4.69, 9.17) is 0 Å². The second-order valence-electron chi connectivity index (χ2n) is 5.08. The molecule has 2 rings (SSSR count). The quantitative estimate of drug-likeness (QED) is 0.508. The molecule has 0 aliphatic heterocycles. The molecule has 1 aliphatic carbocycles. The number of hydrogen-bond acceptors (Lipinski definition) is 1. The molecule has 0 bridgehead atoms. The Morgan fingerprint density at radius 2 is 2.06 bits per heavy atom. The lowest BCUT2D eigenvalue weighted by molar-refractivity contribution is 0.502. The SMILES string of the molecule is CC1CCCC(Nc2ccc(I)cc2Br)CC1. The van der Waals surface area contributed by atoms with Crippen LogP contribution in [0.2, 0.25) is 0 Å². The van der Waals surface area contributed by atoms with Crippen molar-refractivity contribution in [2.45, 2.75) is 45.1 Å². The minimum absolute atomic E-state index is 0.649. The molecule has 0 amide bonds. The Morgan fingerprint density at radius 3 is 2.82 bits per heavy atom. The lowest BCUT2D eigenvalue weighted by Crippen LogP contribution is -2.18. The molecule has 1 nitrogen and oxygen atoms in total. The van der Waals surface area contributed by atoms with Gasteiger partial charge in [-0.1, -0.05) is 19.8 Å². The molecule has 0 radical (unpaired) electrons. The number of halogens is 2. The third-order valence-corrected chi connectivity index (χ3v) is 4.88. The number of nitrogens with one attached hydrogen (secondary N) is 1. The van der Waals surface area contributed by atoms with E-state index in [0.717, 1.165) is 5.92 Å². The minimum atomic E-state index is 0.649. The van der Waals surface area contributed by atoms with Crippen molar-refractivity contribution >= 4 is 44.2 Å². The van der Waals surface area contributed by atoms with Gasteiger partial charge >= 0.3 is 0 Å². The van der Waals surface area contributed by atoms with Crippen molar-refractivity contribution in [3.8, 4) is 0 Å². The molecule has 0 aromatic heterocycles. The fraction of sp³-hybridized carbons (Fsp3) is 0.571. The van der Waals surface area contributed by atoms with E-state index < -0.39 is 0 Å². The Morgan fingerprint density at radius 1 is 1.24 bits per heavy atom. The fourth-order valence-corrected chi connectivity index (χ4v) is 3.87. The van der Waals surface area contributed by atoms with Gasteiger partial charge in [-0.05, 0) is 81.9 Å². The maximum atomic E-state index is 3.69. The van der Waals surface area contributed by atoms with Crippen LogP contribution in [0.3, 0.4) is 0 Å². The van der Waals surface area contributed by atoms with E-state index >= 15 is 0 Å². The van der Waals surface area contributed by atoms with Crippen LogP contribution in [-0.2, 0) is 0 Å². The normalized spacial score (nSPS) is 25.4. The van der Waals surface area contributed by atoms with Crippen molar-refractivity contribution in [2.24, 2.45) is 5.92 Å². The second-order valence-corrected chi connectivity index (χ2v) is 7.18. The fourth-order valence-electron chi connectivity index (χ4n) is 2.46. The molecule has 94 valence electrons. The van der Waals surface area contributed by atoms with Crippen LogP contribution in [0.25, 0.3) is 0 Å². The summed E-state index contributed by atoms with van der Waals surface area (Å²) in [5, 5.41) is 3.69. The van der Waals surface area contributed by atoms with E-state index in [1.807, 2.05) is 0 Å². The molecule has 3 heteroatoms. The summed E-state index contributed by atoms with van der Waals surface area (Å²) in [6.07, 6.45) is 6.73. The first-order valence-electron chi connectivity index (χ1n) is 6.37. The van der Waals surface area contributed by atoms with Crippen molar-refractivity contribution in [2.75, 3.05) is 5.32 Å². The maximum absolute atomic E-state index is 3.69. The summed E-state index contributed by atoms with van der Waals surface area (Å²) >= 11 is 5.98. The van der Waals surface area contributed by atoms with Crippen LogP contribution in [-0.4, -0.2) is 6.04 Å². The van der Waals surface area contributed by atoms with E-state index in [-0.39, 0.29) is 0 Å². The number of hydrogen-bond donors (Lipinski definition) is 1. The molecule has 0 heterocycles. The summed E-state index contributed by atoms with van der Waals surface area (Å²) in [5.74, 6) is 0.905. The van der Waals surface area contributed by atoms with E-state index in [1.54, 1.807) is 0 Å². The highest BCUT2D eigenvalue weighted by molar-refractivity contribution is 14.1. The summed E-state index contributed by atoms with van der Waals surface area (Å²) in [7, 11) is 0. The maximum Gasteiger partial charge on any atom is 0.0487 e. The molecule has 1 N–H and O–H groups in total. The monoisotopic (exact) mass is 407 g/mol. The van der Waals surface area contributed by atoms with Gasteiger partial charge in [0.15, 0.2) is 0 Å². The van der Waals surface area contributed by atoms with Crippen LogP contribution in [0.5, 0.6) is 0 Å². The zero-order valence-electron chi connectivity index (χ0n) is 10.2. The van der Waals surface area contributed by atoms with Crippen LogP contribution >= 0.6 is 38.5 Å². The van der Waals surface area contributed by atoms with Crippen LogP contribution < -0.4 is 5.32 Å². The third kappa shape index (κ3) is 4.12. The molecule has 1 saturated carbocycles. The molecule has 2 unspecified atom stereocenters. The summed E-state index contributed by atoms with van der Waals surface area (Å²) in [6, 6.07) is 7.16. The van der Waals surface area contributed by atoms with Gasteiger partial charge in [-0.3, -0.25) is 0 Å². The second kappa shape index (κ2) is 6.41. The Kier molecular flexibility index (Phi) is 5.15. The van der Waals surface area contributed by atoms with Crippen molar-refractivity contribution in [3.63, 3.8) is 0 Å². The summed E-state index contributed by atoms with van der Waals surface area (Å²) in [4.78, 5) is 0. The van der Waals surface area contributed by atoms with E-state index in [2.05, 4.69) is 69.0 Å². The Balaban J connectivity index is 2.00. The highest BCUT2D eigenvalue weighted by Gasteiger charge is 2.16. The molecular formula is C14H19BrIN. The predicted molar refractivity (Wildman–Crippen MR) is 86.5 cm³/mol.